The molecule has 1 saturated heterocycles. The highest BCUT2D eigenvalue weighted by molar-refractivity contribution is 9.10. The number of hydrogen-bond acceptors (Lipinski definition) is 5. The summed E-state index contributed by atoms with van der Waals surface area (Å²) in [4.78, 5) is 16.6. The Labute approximate surface area is 160 Å². The van der Waals surface area contributed by atoms with Gasteiger partial charge in [0, 0.05) is 50.4 Å². The first-order valence-corrected chi connectivity index (χ1v) is 9.18. The van der Waals surface area contributed by atoms with E-state index < -0.39 is 0 Å². The van der Waals surface area contributed by atoms with Crippen LogP contribution in [0.3, 0.4) is 0 Å². The van der Waals surface area contributed by atoms with Crippen molar-refractivity contribution in [3.05, 3.63) is 49.8 Å². The molecule has 0 aliphatic carbocycles. The molecule has 2 heterocycles. The quantitative estimate of drug-likeness (QED) is 0.750. The summed E-state index contributed by atoms with van der Waals surface area (Å²) in [6, 6.07) is 5.69. The van der Waals surface area contributed by atoms with Gasteiger partial charge in [-0.2, -0.15) is 5.10 Å². The molecule has 25 heavy (non-hydrogen) atoms. The van der Waals surface area contributed by atoms with Gasteiger partial charge in [-0.15, -0.1) is 0 Å². The van der Waals surface area contributed by atoms with Crippen molar-refractivity contribution in [1.29, 1.82) is 0 Å². The Kier molecular flexibility index (Phi) is 5.66. The van der Waals surface area contributed by atoms with Gasteiger partial charge < -0.3 is 9.64 Å². The molecule has 6 nitrogen and oxygen atoms in total. The molecule has 0 unspecified atom stereocenters. The molecule has 134 valence electrons. The van der Waals surface area contributed by atoms with Crippen LogP contribution in [0.15, 0.2) is 33.7 Å². The first-order valence-electron chi connectivity index (χ1n) is 8.01. The molecular weight excluding hydrogens is 408 g/mol. The number of anilines is 1. The fourth-order valence-electron chi connectivity index (χ4n) is 2.98. The van der Waals surface area contributed by atoms with Crippen molar-refractivity contribution in [2.75, 3.05) is 38.2 Å². The number of piperazine rings is 1. The van der Waals surface area contributed by atoms with Crippen LogP contribution in [0.2, 0.25) is 5.02 Å². The van der Waals surface area contributed by atoms with Crippen molar-refractivity contribution in [2.24, 2.45) is 7.05 Å². The van der Waals surface area contributed by atoms with Crippen LogP contribution in [0, 0.1) is 0 Å². The number of aromatic nitrogens is 2. The lowest BCUT2D eigenvalue weighted by Gasteiger charge is -2.36. The van der Waals surface area contributed by atoms with Crippen molar-refractivity contribution in [2.45, 2.75) is 6.54 Å². The van der Waals surface area contributed by atoms with Crippen LogP contribution in [-0.2, 0) is 13.6 Å². The molecule has 1 aromatic heterocycles. The first-order chi connectivity index (χ1) is 12.0. The SMILES string of the molecule is COc1ccc(Cl)cc1CN1CCN(c2cnn(C)c(=O)c2Br)CC1. The maximum absolute atomic E-state index is 12.0. The van der Waals surface area contributed by atoms with Gasteiger partial charge in [-0.25, -0.2) is 4.68 Å². The number of hydrogen-bond donors (Lipinski definition) is 0. The zero-order valence-corrected chi connectivity index (χ0v) is 16.5. The second-order valence-corrected chi connectivity index (χ2v) is 7.22. The Balaban J connectivity index is 1.68. The lowest BCUT2D eigenvalue weighted by molar-refractivity contribution is 0.246. The summed E-state index contributed by atoms with van der Waals surface area (Å²) >= 11 is 9.52. The number of ether oxygens (including phenoxy) is 1. The highest BCUT2D eigenvalue weighted by Crippen LogP contribution is 2.26. The monoisotopic (exact) mass is 426 g/mol. The highest BCUT2D eigenvalue weighted by atomic mass is 79.9. The Morgan fingerprint density at radius 2 is 2.00 bits per heavy atom. The standard InChI is InChI=1S/C17H20BrClN4O2/c1-21-17(24)16(18)14(10-20-21)23-7-5-22(6-8-23)11-12-9-13(19)3-4-15(12)25-2/h3-4,9-10H,5-8,11H2,1-2H3. The van der Waals surface area contributed by atoms with Crippen LogP contribution in [-0.4, -0.2) is 48.0 Å². The molecule has 1 aromatic carbocycles. The van der Waals surface area contributed by atoms with Crippen molar-refractivity contribution in [3.8, 4) is 5.75 Å². The highest BCUT2D eigenvalue weighted by Gasteiger charge is 2.21. The van der Waals surface area contributed by atoms with Gasteiger partial charge in [0.25, 0.3) is 5.56 Å². The largest absolute Gasteiger partial charge is 0.496 e. The van der Waals surface area contributed by atoms with Crippen LogP contribution < -0.4 is 15.2 Å². The summed E-state index contributed by atoms with van der Waals surface area (Å²) in [6.07, 6.45) is 1.74. The molecule has 0 saturated carbocycles. The molecular formula is C17H20BrClN4O2. The summed E-state index contributed by atoms with van der Waals surface area (Å²) in [5.74, 6) is 0.852. The third-order valence-corrected chi connectivity index (χ3v) is 5.39. The maximum atomic E-state index is 12.0. The molecule has 0 radical (unpaired) electrons. The van der Waals surface area contributed by atoms with Gasteiger partial charge in [0.2, 0.25) is 0 Å². The molecule has 0 atom stereocenters. The van der Waals surface area contributed by atoms with Crippen molar-refractivity contribution >= 4 is 33.2 Å². The minimum absolute atomic E-state index is 0.122. The van der Waals surface area contributed by atoms with Crippen LogP contribution in [0.4, 0.5) is 5.69 Å². The second kappa shape index (κ2) is 7.76. The fourth-order valence-corrected chi connectivity index (χ4v) is 3.79. The number of benzene rings is 1. The van der Waals surface area contributed by atoms with Gasteiger partial charge in [0.15, 0.2) is 0 Å². The Bertz CT molecular complexity index is 819. The maximum Gasteiger partial charge on any atom is 0.282 e. The van der Waals surface area contributed by atoms with Gasteiger partial charge in [-0.3, -0.25) is 9.69 Å². The number of methoxy groups -OCH3 is 1. The molecule has 0 N–H and O–H groups in total. The average molecular weight is 428 g/mol. The fraction of sp³-hybridized carbons (Fsp3) is 0.412. The Morgan fingerprint density at radius 1 is 1.28 bits per heavy atom. The summed E-state index contributed by atoms with van der Waals surface area (Å²) in [6.45, 7) is 4.22. The molecule has 0 spiro atoms. The molecule has 3 rings (SSSR count). The van der Waals surface area contributed by atoms with Crippen LogP contribution in [0.1, 0.15) is 5.56 Å². The summed E-state index contributed by atoms with van der Waals surface area (Å²) in [5, 5.41) is 4.83. The molecule has 0 amide bonds. The number of aryl methyl sites for hydroxylation is 1. The summed E-state index contributed by atoms with van der Waals surface area (Å²) in [5.41, 5.74) is 1.81. The number of halogens is 2. The number of rotatable bonds is 4. The van der Waals surface area contributed by atoms with Gasteiger partial charge in [0.05, 0.1) is 19.0 Å². The van der Waals surface area contributed by atoms with E-state index in [9.17, 15) is 4.79 Å². The van der Waals surface area contributed by atoms with E-state index in [0.717, 1.165) is 49.7 Å². The van der Waals surface area contributed by atoms with Gasteiger partial charge >= 0.3 is 0 Å². The zero-order chi connectivity index (χ0) is 18.0. The Morgan fingerprint density at radius 3 is 2.68 bits per heavy atom. The molecule has 0 bridgehead atoms. The van der Waals surface area contributed by atoms with E-state index in [4.69, 9.17) is 16.3 Å². The molecule has 8 heteroatoms. The van der Waals surface area contributed by atoms with E-state index in [1.807, 2.05) is 18.2 Å². The second-order valence-electron chi connectivity index (χ2n) is 5.99. The molecule has 2 aromatic rings. The van der Waals surface area contributed by atoms with Crippen LogP contribution in [0.5, 0.6) is 5.75 Å². The van der Waals surface area contributed by atoms with Crippen molar-refractivity contribution in [1.82, 2.24) is 14.7 Å². The predicted molar refractivity (Wildman–Crippen MR) is 103 cm³/mol. The lowest BCUT2D eigenvalue weighted by atomic mass is 10.1. The first kappa shape index (κ1) is 18.2. The van der Waals surface area contributed by atoms with Gasteiger partial charge in [-0.1, -0.05) is 11.6 Å². The average Bonchev–Trinajstić information content (AvgIpc) is 2.61. The molecule has 1 fully saturated rings. The van der Waals surface area contributed by atoms with E-state index in [1.54, 1.807) is 20.4 Å². The normalized spacial score (nSPS) is 15.4. The van der Waals surface area contributed by atoms with E-state index in [1.165, 1.54) is 4.68 Å². The third-order valence-electron chi connectivity index (χ3n) is 4.41. The topological polar surface area (TPSA) is 50.6 Å². The van der Waals surface area contributed by atoms with E-state index in [2.05, 4.69) is 30.8 Å². The van der Waals surface area contributed by atoms with Gasteiger partial charge in [0.1, 0.15) is 10.2 Å². The van der Waals surface area contributed by atoms with Crippen molar-refractivity contribution in [3.63, 3.8) is 0 Å². The zero-order valence-electron chi connectivity index (χ0n) is 14.2. The third kappa shape index (κ3) is 3.99. The minimum atomic E-state index is -0.122. The molecule has 1 aliphatic heterocycles. The smallest absolute Gasteiger partial charge is 0.282 e. The Hall–Kier alpha value is -1.57. The van der Waals surface area contributed by atoms with Crippen LogP contribution >= 0.6 is 27.5 Å². The number of nitrogens with zero attached hydrogens (tertiary/aromatic N) is 4. The summed E-state index contributed by atoms with van der Waals surface area (Å²) < 4.78 is 7.32. The van der Waals surface area contributed by atoms with Gasteiger partial charge in [-0.05, 0) is 34.1 Å². The van der Waals surface area contributed by atoms with E-state index in [-0.39, 0.29) is 5.56 Å². The van der Waals surface area contributed by atoms with E-state index >= 15 is 0 Å². The van der Waals surface area contributed by atoms with E-state index in [0.29, 0.717) is 9.50 Å². The minimum Gasteiger partial charge on any atom is -0.496 e. The van der Waals surface area contributed by atoms with Crippen molar-refractivity contribution < 1.29 is 4.74 Å². The predicted octanol–water partition coefficient (Wildman–Crippen LogP) is 2.53. The van der Waals surface area contributed by atoms with Crippen LogP contribution in [0.25, 0.3) is 0 Å². The summed E-state index contributed by atoms with van der Waals surface area (Å²) in [7, 11) is 3.32. The molecule has 1 aliphatic rings. The lowest BCUT2D eigenvalue weighted by Crippen LogP contribution is -2.46.